The fourth-order valence-corrected chi connectivity index (χ4v) is 3.48. The average Bonchev–Trinajstić information content (AvgIpc) is 3.38. The number of halogens is 2. The molecule has 3 atom stereocenters. The molecule has 128 valence electrons. The molecule has 1 N–H and O–H groups in total. The Balaban J connectivity index is 1.66. The van der Waals surface area contributed by atoms with Crippen molar-refractivity contribution >= 4 is 27.9 Å². The molecule has 0 saturated heterocycles. The lowest BCUT2D eigenvalue weighted by molar-refractivity contribution is 0.0955. The molecule has 1 amide bonds. The van der Waals surface area contributed by atoms with Gasteiger partial charge in [-0.1, -0.05) is 18.2 Å². The van der Waals surface area contributed by atoms with Crippen LogP contribution in [0.2, 0.25) is 0 Å². The van der Waals surface area contributed by atoms with Gasteiger partial charge in [-0.2, -0.15) is 0 Å². The van der Waals surface area contributed by atoms with Crippen LogP contribution in [0.1, 0.15) is 29.4 Å². The third-order valence-electron chi connectivity index (χ3n) is 4.60. The molecule has 1 saturated carbocycles. The SMILES string of the molecule is C[C@@]1(c2nc(Br)ccc2F)N=C(NC(=O)c2ccccc2)OC2C[C@H]21. The van der Waals surface area contributed by atoms with E-state index in [9.17, 15) is 9.18 Å². The van der Waals surface area contributed by atoms with Crippen molar-refractivity contribution in [1.29, 1.82) is 0 Å². The van der Waals surface area contributed by atoms with Crippen LogP contribution < -0.4 is 5.32 Å². The van der Waals surface area contributed by atoms with Crippen molar-refractivity contribution in [3.8, 4) is 0 Å². The van der Waals surface area contributed by atoms with Crippen LogP contribution in [0.5, 0.6) is 0 Å². The number of carbonyl (C=O) groups is 1. The number of hydrogen-bond acceptors (Lipinski definition) is 4. The van der Waals surface area contributed by atoms with Crippen molar-refractivity contribution in [3.05, 3.63) is 64.1 Å². The highest BCUT2D eigenvalue weighted by Crippen LogP contribution is 2.52. The van der Waals surface area contributed by atoms with Gasteiger partial charge in [-0.15, -0.1) is 0 Å². The van der Waals surface area contributed by atoms with Crippen molar-refractivity contribution < 1.29 is 13.9 Å². The van der Waals surface area contributed by atoms with Crippen molar-refractivity contribution in [1.82, 2.24) is 10.3 Å². The summed E-state index contributed by atoms with van der Waals surface area (Å²) in [4.78, 5) is 21.1. The molecule has 0 spiro atoms. The number of amides is 1. The van der Waals surface area contributed by atoms with E-state index in [-0.39, 0.29) is 29.6 Å². The van der Waals surface area contributed by atoms with Crippen LogP contribution in [0, 0.1) is 11.7 Å². The minimum atomic E-state index is -0.879. The van der Waals surface area contributed by atoms with Crippen LogP contribution in [0.25, 0.3) is 0 Å². The van der Waals surface area contributed by atoms with Crippen LogP contribution in [-0.2, 0) is 10.3 Å². The molecule has 4 rings (SSSR count). The van der Waals surface area contributed by atoms with E-state index in [1.54, 1.807) is 30.3 Å². The van der Waals surface area contributed by atoms with Crippen LogP contribution in [-0.4, -0.2) is 23.0 Å². The maximum atomic E-state index is 14.4. The summed E-state index contributed by atoms with van der Waals surface area (Å²) in [7, 11) is 0. The summed E-state index contributed by atoms with van der Waals surface area (Å²) in [5, 5.41) is 2.68. The Kier molecular flexibility index (Phi) is 3.83. The predicted octanol–water partition coefficient (Wildman–Crippen LogP) is 3.40. The monoisotopic (exact) mass is 403 g/mol. The minimum absolute atomic E-state index is 0.0428. The first-order chi connectivity index (χ1) is 12.0. The number of ether oxygens (including phenoxy) is 1. The van der Waals surface area contributed by atoms with Gasteiger partial charge >= 0.3 is 0 Å². The lowest BCUT2D eigenvalue weighted by Gasteiger charge is -2.30. The quantitative estimate of drug-likeness (QED) is 0.781. The summed E-state index contributed by atoms with van der Waals surface area (Å²) >= 11 is 3.28. The van der Waals surface area contributed by atoms with Crippen LogP contribution in [0.4, 0.5) is 4.39 Å². The maximum Gasteiger partial charge on any atom is 0.292 e. The van der Waals surface area contributed by atoms with Gasteiger partial charge in [0.15, 0.2) is 0 Å². The molecule has 1 fully saturated rings. The third-order valence-corrected chi connectivity index (χ3v) is 5.04. The highest BCUT2D eigenvalue weighted by molar-refractivity contribution is 9.10. The van der Waals surface area contributed by atoms with Gasteiger partial charge in [-0.25, -0.2) is 14.4 Å². The Morgan fingerprint density at radius 2 is 2.08 bits per heavy atom. The number of aliphatic imine (C=N–C) groups is 1. The largest absolute Gasteiger partial charge is 0.461 e. The molecule has 7 heteroatoms. The molecular formula is C18H15BrFN3O2. The lowest BCUT2D eigenvalue weighted by Crippen LogP contribution is -2.41. The van der Waals surface area contributed by atoms with Crippen molar-refractivity contribution in [2.45, 2.75) is 25.0 Å². The van der Waals surface area contributed by atoms with Crippen molar-refractivity contribution in [2.24, 2.45) is 10.9 Å². The number of carbonyl (C=O) groups excluding carboxylic acids is 1. The van der Waals surface area contributed by atoms with E-state index < -0.39 is 11.4 Å². The number of pyridine rings is 1. The summed E-state index contributed by atoms with van der Waals surface area (Å²) < 4.78 is 20.6. The molecule has 2 heterocycles. The van der Waals surface area contributed by atoms with E-state index in [1.165, 1.54) is 6.07 Å². The zero-order valence-corrected chi connectivity index (χ0v) is 15.0. The Morgan fingerprint density at radius 1 is 1.32 bits per heavy atom. The average molecular weight is 404 g/mol. The zero-order chi connectivity index (χ0) is 17.6. The molecule has 1 aromatic heterocycles. The first kappa shape index (κ1) is 16.2. The topological polar surface area (TPSA) is 63.6 Å². The first-order valence-corrected chi connectivity index (χ1v) is 8.72. The summed E-state index contributed by atoms with van der Waals surface area (Å²) in [5.41, 5.74) is -0.125. The van der Waals surface area contributed by atoms with Gasteiger partial charge in [0.1, 0.15) is 27.8 Å². The lowest BCUT2D eigenvalue weighted by atomic mass is 9.90. The second-order valence-corrected chi connectivity index (χ2v) is 7.16. The highest BCUT2D eigenvalue weighted by atomic mass is 79.9. The summed E-state index contributed by atoms with van der Waals surface area (Å²) in [6, 6.07) is 11.8. The Bertz CT molecular complexity index is 874. The molecule has 1 unspecified atom stereocenters. The second kappa shape index (κ2) is 5.91. The van der Waals surface area contributed by atoms with Crippen LogP contribution in [0.3, 0.4) is 0 Å². The van der Waals surface area contributed by atoms with Gasteiger partial charge in [0, 0.05) is 11.5 Å². The van der Waals surface area contributed by atoms with E-state index in [0.29, 0.717) is 10.2 Å². The molecular weight excluding hydrogens is 389 g/mol. The Hall–Kier alpha value is -2.28. The number of nitrogens with zero attached hydrogens (tertiary/aromatic N) is 2. The van der Waals surface area contributed by atoms with E-state index >= 15 is 0 Å². The smallest absolute Gasteiger partial charge is 0.292 e. The normalized spacial score (nSPS) is 26.9. The van der Waals surface area contributed by atoms with Gasteiger partial charge < -0.3 is 4.74 Å². The molecule has 2 aliphatic rings. The van der Waals surface area contributed by atoms with E-state index in [1.807, 2.05) is 13.0 Å². The van der Waals surface area contributed by atoms with Crippen molar-refractivity contribution in [2.75, 3.05) is 0 Å². The third kappa shape index (κ3) is 2.93. The van der Waals surface area contributed by atoms with E-state index in [4.69, 9.17) is 4.74 Å². The maximum absolute atomic E-state index is 14.4. The molecule has 0 radical (unpaired) electrons. The van der Waals surface area contributed by atoms with Gasteiger partial charge in [0.25, 0.3) is 11.9 Å². The molecule has 0 bridgehead atoms. The molecule has 2 aromatic rings. The Labute approximate surface area is 152 Å². The number of amidine groups is 1. The van der Waals surface area contributed by atoms with Gasteiger partial charge in [-0.3, -0.25) is 10.1 Å². The molecule has 1 aliphatic carbocycles. The summed E-state index contributed by atoms with van der Waals surface area (Å²) in [5.74, 6) is -0.694. The standard InChI is InChI=1S/C18H15BrFN3O2/c1-18(15-12(20)7-8-14(19)21-15)11-9-13(11)25-17(23-18)22-16(24)10-5-3-2-4-6-10/h2-8,11,13H,9H2,1H3,(H,22,23,24)/t11-,13?,18-/m1/s1. The second-order valence-electron chi connectivity index (χ2n) is 6.35. The first-order valence-electron chi connectivity index (χ1n) is 7.93. The number of fused-ring (bicyclic) bond motifs is 1. The Morgan fingerprint density at radius 3 is 2.84 bits per heavy atom. The number of nitrogens with one attached hydrogen (secondary N) is 1. The number of aromatic nitrogens is 1. The number of hydrogen-bond donors (Lipinski definition) is 1. The highest BCUT2D eigenvalue weighted by Gasteiger charge is 2.58. The molecule has 1 aliphatic heterocycles. The number of benzene rings is 1. The van der Waals surface area contributed by atoms with E-state index in [2.05, 4.69) is 31.2 Å². The number of rotatable bonds is 2. The minimum Gasteiger partial charge on any atom is -0.461 e. The summed E-state index contributed by atoms with van der Waals surface area (Å²) in [6.07, 6.45) is 0.659. The molecule has 5 nitrogen and oxygen atoms in total. The summed E-state index contributed by atoms with van der Waals surface area (Å²) in [6.45, 7) is 1.83. The van der Waals surface area contributed by atoms with Gasteiger partial charge in [0.2, 0.25) is 0 Å². The van der Waals surface area contributed by atoms with Crippen LogP contribution in [0.15, 0.2) is 52.1 Å². The van der Waals surface area contributed by atoms with Gasteiger partial charge in [0.05, 0.1) is 0 Å². The van der Waals surface area contributed by atoms with Crippen molar-refractivity contribution in [3.63, 3.8) is 0 Å². The molecule has 25 heavy (non-hydrogen) atoms. The fourth-order valence-electron chi connectivity index (χ4n) is 3.18. The molecule has 1 aromatic carbocycles. The zero-order valence-electron chi connectivity index (χ0n) is 13.4. The van der Waals surface area contributed by atoms with Gasteiger partial charge in [-0.05, 0) is 53.5 Å². The van der Waals surface area contributed by atoms with E-state index in [0.717, 1.165) is 6.42 Å². The van der Waals surface area contributed by atoms with Crippen LogP contribution >= 0.6 is 15.9 Å². The predicted molar refractivity (Wildman–Crippen MR) is 93.6 cm³/mol. The fraction of sp³-hybridized carbons (Fsp3) is 0.278.